The average molecular weight is 179 g/mol. The van der Waals surface area contributed by atoms with E-state index in [1.807, 2.05) is 0 Å². The highest BCUT2D eigenvalue weighted by atomic mass is 16.6. The molecule has 0 aromatic carbocycles. The molecule has 2 aliphatic rings. The van der Waals surface area contributed by atoms with Crippen LogP contribution in [-0.4, -0.2) is 11.6 Å². The monoisotopic (exact) mass is 179 g/mol. The Hall–Kier alpha value is -1.04. The summed E-state index contributed by atoms with van der Waals surface area (Å²) in [5.74, 6) is -0.0470. The van der Waals surface area contributed by atoms with Gasteiger partial charge in [-0.3, -0.25) is 4.79 Å². The van der Waals surface area contributed by atoms with Crippen molar-refractivity contribution < 1.29 is 9.53 Å². The summed E-state index contributed by atoms with van der Waals surface area (Å²) < 4.78 is 5.27. The zero-order valence-electron chi connectivity index (χ0n) is 7.58. The van der Waals surface area contributed by atoms with Gasteiger partial charge < -0.3 is 4.74 Å². The van der Waals surface area contributed by atoms with Crippen LogP contribution in [0.1, 0.15) is 38.5 Å². The second kappa shape index (κ2) is 3.02. The zero-order chi connectivity index (χ0) is 9.31. The number of carbonyl (C=O) groups is 1. The first-order valence-electron chi connectivity index (χ1n) is 4.90. The number of ether oxygens (including phenoxy) is 1. The van der Waals surface area contributed by atoms with Gasteiger partial charge in [-0.05, 0) is 25.7 Å². The summed E-state index contributed by atoms with van der Waals surface area (Å²) in [6.07, 6.45) is 5.35. The fourth-order valence-electron chi connectivity index (χ4n) is 1.78. The van der Waals surface area contributed by atoms with Crippen LogP contribution in [0, 0.1) is 17.2 Å². The van der Waals surface area contributed by atoms with Gasteiger partial charge in [0.05, 0.1) is 5.92 Å². The van der Waals surface area contributed by atoms with Gasteiger partial charge in [-0.25, -0.2) is 0 Å². The molecule has 2 fully saturated rings. The van der Waals surface area contributed by atoms with Crippen molar-refractivity contribution in [1.29, 1.82) is 5.26 Å². The van der Waals surface area contributed by atoms with Crippen molar-refractivity contribution in [2.75, 3.05) is 0 Å². The molecule has 3 heteroatoms. The maximum atomic E-state index is 11.4. The van der Waals surface area contributed by atoms with Crippen molar-refractivity contribution in [3.8, 4) is 6.07 Å². The van der Waals surface area contributed by atoms with E-state index in [-0.39, 0.29) is 11.9 Å². The standard InChI is InChI=1S/C10H13NO2/c11-7-10(5-1-2-6-10)13-9(12)8-3-4-8/h8H,1-6H2. The van der Waals surface area contributed by atoms with Crippen LogP contribution in [0.15, 0.2) is 0 Å². The molecular formula is C10H13NO2. The van der Waals surface area contributed by atoms with E-state index in [0.29, 0.717) is 0 Å². The minimum absolute atomic E-state index is 0.103. The number of hydrogen-bond donors (Lipinski definition) is 0. The summed E-state index contributed by atoms with van der Waals surface area (Å²) in [4.78, 5) is 11.4. The fourth-order valence-corrected chi connectivity index (χ4v) is 1.78. The molecule has 0 N–H and O–H groups in total. The van der Waals surface area contributed by atoms with E-state index in [9.17, 15) is 4.79 Å². The Kier molecular flexibility index (Phi) is 1.99. The van der Waals surface area contributed by atoms with E-state index in [4.69, 9.17) is 10.00 Å². The normalized spacial score (nSPS) is 25.2. The lowest BCUT2D eigenvalue weighted by Crippen LogP contribution is -2.30. The average Bonchev–Trinajstić information content (AvgIpc) is 2.89. The van der Waals surface area contributed by atoms with Gasteiger partial charge in [-0.15, -0.1) is 0 Å². The van der Waals surface area contributed by atoms with Crippen molar-refractivity contribution in [2.24, 2.45) is 5.92 Å². The van der Waals surface area contributed by atoms with E-state index in [2.05, 4.69) is 6.07 Å². The largest absolute Gasteiger partial charge is 0.443 e. The highest BCUT2D eigenvalue weighted by Gasteiger charge is 2.41. The van der Waals surface area contributed by atoms with E-state index < -0.39 is 5.60 Å². The van der Waals surface area contributed by atoms with E-state index in [1.165, 1.54) is 0 Å². The van der Waals surface area contributed by atoms with Gasteiger partial charge in [0.15, 0.2) is 5.60 Å². The molecule has 3 nitrogen and oxygen atoms in total. The molecule has 0 aromatic rings. The molecule has 0 amide bonds. The van der Waals surface area contributed by atoms with Crippen LogP contribution in [0.5, 0.6) is 0 Å². The molecular weight excluding hydrogens is 166 g/mol. The Balaban J connectivity index is 1.97. The van der Waals surface area contributed by atoms with Crippen molar-refractivity contribution in [3.63, 3.8) is 0 Å². The maximum Gasteiger partial charge on any atom is 0.310 e. The Morgan fingerprint density at radius 2 is 2.00 bits per heavy atom. The lowest BCUT2D eigenvalue weighted by molar-refractivity contribution is -0.155. The number of carbonyl (C=O) groups excluding carboxylic acids is 1. The molecule has 0 aliphatic heterocycles. The minimum Gasteiger partial charge on any atom is -0.443 e. The molecule has 2 rings (SSSR count). The molecule has 2 aliphatic carbocycles. The van der Waals surface area contributed by atoms with Crippen LogP contribution < -0.4 is 0 Å². The van der Waals surface area contributed by atoms with Gasteiger partial charge in [0.1, 0.15) is 6.07 Å². The summed E-state index contributed by atoms with van der Waals surface area (Å²) in [7, 11) is 0. The predicted molar refractivity (Wildman–Crippen MR) is 45.6 cm³/mol. The molecule has 13 heavy (non-hydrogen) atoms. The predicted octanol–water partition coefficient (Wildman–Crippen LogP) is 1.78. The lowest BCUT2D eigenvalue weighted by atomic mass is 10.1. The molecule has 0 unspecified atom stereocenters. The summed E-state index contributed by atoms with van der Waals surface area (Å²) >= 11 is 0. The van der Waals surface area contributed by atoms with Gasteiger partial charge in [-0.2, -0.15) is 5.26 Å². The Morgan fingerprint density at radius 1 is 1.38 bits per heavy atom. The minimum atomic E-state index is -0.764. The molecule has 0 aromatic heterocycles. The fraction of sp³-hybridized carbons (Fsp3) is 0.800. The van der Waals surface area contributed by atoms with Gasteiger partial charge in [0.25, 0.3) is 0 Å². The molecule has 0 heterocycles. The number of rotatable bonds is 2. The Labute approximate surface area is 77.7 Å². The highest BCUT2D eigenvalue weighted by molar-refractivity contribution is 5.75. The van der Waals surface area contributed by atoms with E-state index >= 15 is 0 Å². The van der Waals surface area contributed by atoms with Crippen LogP contribution in [0.2, 0.25) is 0 Å². The van der Waals surface area contributed by atoms with Crippen molar-refractivity contribution in [1.82, 2.24) is 0 Å². The molecule has 2 saturated carbocycles. The van der Waals surface area contributed by atoms with E-state index in [0.717, 1.165) is 38.5 Å². The first-order valence-corrected chi connectivity index (χ1v) is 4.90. The molecule has 0 spiro atoms. The van der Waals surface area contributed by atoms with Crippen LogP contribution in [0.4, 0.5) is 0 Å². The summed E-state index contributed by atoms with van der Waals surface area (Å²) in [6, 6.07) is 2.15. The quantitative estimate of drug-likeness (QED) is 0.607. The zero-order valence-corrected chi connectivity index (χ0v) is 7.58. The third kappa shape index (κ3) is 1.67. The first kappa shape index (κ1) is 8.55. The van der Waals surface area contributed by atoms with Gasteiger partial charge >= 0.3 is 5.97 Å². The van der Waals surface area contributed by atoms with Crippen LogP contribution in [0.25, 0.3) is 0 Å². The second-order valence-electron chi connectivity index (χ2n) is 4.01. The smallest absolute Gasteiger partial charge is 0.310 e. The van der Waals surface area contributed by atoms with Crippen LogP contribution in [0.3, 0.4) is 0 Å². The third-order valence-corrected chi connectivity index (χ3v) is 2.82. The summed E-state index contributed by atoms with van der Waals surface area (Å²) in [5, 5.41) is 8.94. The first-order chi connectivity index (χ1) is 6.26. The van der Waals surface area contributed by atoms with Gasteiger partial charge in [-0.1, -0.05) is 0 Å². The number of nitrogens with zero attached hydrogens (tertiary/aromatic N) is 1. The summed E-state index contributed by atoms with van der Waals surface area (Å²) in [5.41, 5.74) is -0.764. The van der Waals surface area contributed by atoms with E-state index in [1.54, 1.807) is 0 Å². The van der Waals surface area contributed by atoms with Gasteiger partial charge in [0, 0.05) is 12.8 Å². The van der Waals surface area contributed by atoms with Crippen molar-refractivity contribution in [2.45, 2.75) is 44.1 Å². The number of hydrogen-bond acceptors (Lipinski definition) is 3. The molecule has 0 bridgehead atoms. The highest BCUT2D eigenvalue weighted by Crippen LogP contribution is 2.37. The number of nitriles is 1. The molecule has 70 valence electrons. The van der Waals surface area contributed by atoms with Crippen LogP contribution >= 0.6 is 0 Å². The van der Waals surface area contributed by atoms with Crippen LogP contribution in [-0.2, 0) is 9.53 Å². The lowest BCUT2D eigenvalue weighted by Gasteiger charge is -2.20. The molecule has 0 saturated heterocycles. The molecule has 0 radical (unpaired) electrons. The van der Waals surface area contributed by atoms with Crippen molar-refractivity contribution >= 4 is 5.97 Å². The number of esters is 1. The molecule has 0 atom stereocenters. The van der Waals surface area contributed by atoms with Crippen molar-refractivity contribution in [3.05, 3.63) is 0 Å². The summed E-state index contributed by atoms with van der Waals surface area (Å²) in [6.45, 7) is 0. The topological polar surface area (TPSA) is 50.1 Å². The van der Waals surface area contributed by atoms with Gasteiger partial charge in [0.2, 0.25) is 0 Å². The maximum absolute atomic E-state index is 11.4. The Bertz CT molecular complexity index is 257. The second-order valence-corrected chi connectivity index (χ2v) is 4.01. The Morgan fingerprint density at radius 3 is 2.46 bits per heavy atom. The third-order valence-electron chi connectivity index (χ3n) is 2.82. The SMILES string of the molecule is N#CC1(OC(=O)C2CC2)CCCC1.